The predicted molar refractivity (Wildman–Crippen MR) is 145 cm³/mol. The molecule has 0 saturated heterocycles. The second kappa shape index (κ2) is 17.0. The minimum Gasteiger partial charge on any atom is -0.427 e. The number of carbonyl (C=O) groups is 3. The molecule has 0 heterocycles. The summed E-state index contributed by atoms with van der Waals surface area (Å²) < 4.78 is 0. The molecule has 1 rings (SSSR count). The van der Waals surface area contributed by atoms with Crippen molar-refractivity contribution in [2.24, 2.45) is 11.8 Å². The average molecular weight is 553 g/mol. The number of nitrogens with one attached hydrogen (secondary N) is 3. The molecule has 0 radical (unpaired) electrons. The Bertz CT molecular complexity index is 998. The Morgan fingerprint density at radius 1 is 1.11 bits per heavy atom. The van der Waals surface area contributed by atoms with Crippen molar-refractivity contribution in [3.8, 4) is 6.07 Å². The molecule has 0 saturated carbocycles. The van der Waals surface area contributed by atoms with Gasteiger partial charge in [0.05, 0.1) is 10.6 Å². The first kappa shape index (κ1) is 32.5. The number of benzene rings is 1. The van der Waals surface area contributed by atoms with Gasteiger partial charge in [0.25, 0.3) is 11.8 Å². The zero-order chi connectivity index (χ0) is 28.0. The van der Waals surface area contributed by atoms with Gasteiger partial charge in [-0.25, -0.2) is 0 Å². The fourth-order valence-electron chi connectivity index (χ4n) is 3.38. The van der Waals surface area contributed by atoms with E-state index in [1.54, 1.807) is 12.1 Å². The van der Waals surface area contributed by atoms with Crippen molar-refractivity contribution in [3.05, 3.63) is 45.5 Å². The summed E-state index contributed by atoms with van der Waals surface area (Å²) in [5.41, 5.74) is 0.200. The molecule has 37 heavy (non-hydrogen) atoms. The van der Waals surface area contributed by atoms with Crippen molar-refractivity contribution in [2.45, 2.75) is 58.8 Å². The number of allylic oxidation sites excluding steroid dienone is 1. The molecule has 0 aliphatic carbocycles. The van der Waals surface area contributed by atoms with Crippen molar-refractivity contribution >= 4 is 48.0 Å². The molecule has 1 aromatic carbocycles. The van der Waals surface area contributed by atoms with Crippen molar-refractivity contribution in [1.82, 2.24) is 16.0 Å². The van der Waals surface area contributed by atoms with Crippen LogP contribution >= 0.6 is 23.2 Å². The highest BCUT2D eigenvalue weighted by atomic mass is 35.5. The Morgan fingerprint density at radius 2 is 1.81 bits per heavy atom. The van der Waals surface area contributed by atoms with Crippen LogP contribution in [0.25, 0.3) is 0 Å². The van der Waals surface area contributed by atoms with Gasteiger partial charge in [0.15, 0.2) is 0 Å². The summed E-state index contributed by atoms with van der Waals surface area (Å²) in [7, 11) is -1.40. The van der Waals surface area contributed by atoms with Gasteiger partial charge in [-0.15, -0.1) is 0 Å². The molecule has 0 aliphatic heterocycles. The Morgan fingerprint density at radius 3 is 2.43 bits per heavy atom. The van der Waals surface area contributed by atoms with Gasteiger partial charge in [0.1, 0.15) is 17.7 Å². The number of hydrogen-bond donors (Lipinski definition) is 5. The third kappa shape index (κ3) is 13.0. The van der Waals surface area contributed by atoms with E-state index in [9.17, 15) is 14.4 Å². The summed E-state index contributed by atoms with van der Waals surface area (Å²) >= 11 is 12.1. The molecular weight excluding hydrogens is 518 g/mol. The third-order valence-electron chi connectivity index (χ3n) is 5.41. The van der Waals surface area contributed by atoms with Gasteiger partial charge >= 0.3 is 7.12 Å². The maximum atomic E-state index is 12.9. The molecule has 0 spiro atoms. The molecule has 5 N–H and O–H groups in total. The van der Waals surface area contributed by atoms with E-state index in [-0.39, 0.29) is 34.3 Å². The second-order valence-corrected chi connectivity index (χ2v) is 10.1. The summed E-state index contributed by atoms with van der Waals surface area (Å²) in [6.07, 6.45) is 3.61. The first-order valence-electron chi connectivity index (χ1n) is 12.2. The van der Waals surface area contributed by atoms with E-state index in [0.29, 0.717) is 43.8 Å². The van der Waals surface area contributed by atoms with Crippen LogP contribution in [0, 0.1) is 23.2 Å². The van der Waals surface area contributed by atoms with E-state index in [1.807, 2.05) is 26.8 Å². The fourth-order valence-corrected chi connectivity index (χ4v) is 3.75. The number of halogens is 2. The van der Waals surface area contributed by atoms with Gasteiger partial charge in [0.2, 0.25) is 5.91 Å². The number of amides is 3. The molecule has 0 fully saturated rings. The highest BCUT2D eigenvalue weighted by molar-refractivity contribution is 6.40. The van der Waals surface area contributed by atoms with E-state index in [4.69, 9.17) is 38.5 Å². The lowest BCUT2D eigenvalue weighted by Gasteiger charge is -2.20. The van der Waals surface area contributed by atoms with Crippen LogP contribution in [0.2, 0.25) is 16.4 Å². The number of nitriles is 1. The largest absolute Gasteiger partial charge is 0.451 e. The van der Waals surface area contributed by atoms with Gasteiger partial charge in [-0.2, -0.15) is 5.26 Å². The van der Waals surface area contributed by atoms with Crippen LogP contribution in [0.5, 0.6) is 0 Å². The van der Waals surface area contributed by atoms with E-state index in [2.05, 4.69) is 16.0 Å². The molecule has 2 atom stereocenters. The average Bonchev–Trinajstić information content (AvgIpc) is 2.84. The van der Waals surface area contributed by atoms with Crippen LogP contribution in [-0.4, -0.2) is 54.0 Å². The lowest BCUT2D eigenvalue weighted by Crippen LogP contribution is -2.47. The normalized spacial score (nSPS) is 12.9. The van der Waals surface area contributed by atoms with Crippen molar-refractivity contribution in [3.63, 3.8) is 0 Å². The number of unbranched alkanes of at least 4 members (excludes halogenated alkanes) is 1. The third-order valence-corrected chi connectivity index (χ3v) is 5.97. The molecule has 9 nitrogen and oxygen atoms in total. The standard InChI is InChI=1S/C25H35BCl2N4O5/c1-16(2)12-18(14-29)23(33)30-11-5-4-6-22(25(35)31-15-17(3)9-10-26(36)37)32-24(34)20-13-19(27)7-8-21(20)28/h7-8,12-13,16-17,22,36-37H,4-6,9-11,15H2,1-3H3,(H,30,33)(H,31,35)(H,32,34)/t17-,22+/m1/s1. The SMILES string of the molecule is CC(C)C=C(C#N)C(=O)NCCCC[C@H](NC(=O)c1cc(Cl)ccc1Cl)C(=O)NC[C@H](C)CCB(O)O. The molecular formula is C25H35BCl2N4O5. The number of rotatable bonds is 15. The van der Waals surface area contributed by atoms with Crippen molar-refractivity contribution < 1.29 is 24.4 Å². The van der Waals surface area contributed by atoms with Crippen LogP contribution in [-0.2, 0) is 9.59 Å². The lowest BCUT2D eigenvalue weighted by molar-refractivity contribution is -0.123. The molecule has 0 aliphatic rings. The molecule has 12 heteroatoms. The van der Waals surface area contributed by atoms with Crippen molar-refractivity contribution in [2.75, 3.05) is 13.1 Å². The van der Waals surface area contributed by atoms with Crippen molar-refractivity contribution in [1.29, 1.82) is 5.26 Å². The van der Waals surface area contributed by atoms with Crippen LogP contribution in [0.1, 0.15) is 56.8 Å². The Hall–Kier alpha value is -2.58. The van der Waals surface area contributed by atoms with Gasteiger partial charge in [-0.05, 0) is 55.6 Å². The lowest BCUT2D eigenvalue weighted by atomic mass is 9.81. The summed E-state index contributed by atoms with van der Waals surface area (Å²) in [5, 5.41) is 35.9. The maximum Gasteiger partial charge on any atom is 0.451 e. The summed E-state index contributed by atoms with van der Waals surface area (Å²) in [6, 6.07) is 5.49. The topological polar surface area (TPSA) is 152 Å². The summed E-state index contributed by atoms with van der Waals surface area (Å²) in [6.45, 7) is 6.21. The van der Waals surface area contributed by atoms with Crippen LogP contribution in [0.3, 0.4) is 0 Å². The first-order valence-corrected chi connectivity index (χ1v) is 13.0. The number of carbonyl (C=O) groups excluding carboxylic acids is 3. The highest BCUT2D eigenvalue weighted by Crippen LogP contribution is 2.21. The van der Waals surface area contributed by atoms with E-state index >= 15 is 0 Å². The van der Waals surface area contributed by atoms with E-state index in [1.165, 1.54) is 12.1 Å². The maximum absolute atomic E-state index is 12.9. The zero-order valence-corrected chi connectivity index (χ0v) is 22.9. The highest BCUT2D eigenvalue weighted by Gasteiger charge is 2.23. The predicted octanol–water partition coefficient (Wildman–Crippen LogP) is 3.10. The molecule has 1 aromatic rings. The van der Waals surface area contributed by atoms with Gasteiger partial charge < -0.3 is 26.0 Å². The van der Waals surface area contributed by atoms with Gasteiger partial charge in [-0.1, -0.05) is 56.5 Å². The van der Waals surface area contributed by atoms with Gasteiger partial charge in [-0.3, -0.25) is 14.4 Å². The molecule has 202 valence electrons. The summed E-state index contributed by atoms with van der Waals surface area (Å²) in [4.78, 5) is 37.9. The minimum absolute atomic E-state index is 0.00656. The van der Waals surface area contributed by atoms with E-state index < -0.39 is 30.9 Å². The van der Waals surface area contributed by atoms with E-state index in [0.717, 1.165) is 0 Å². The zero-order valence-electron chi connectivity index (χ0n) is 21.4. The van der Waals surface area contributed by atoms with Crippen LogP contribution in [0.4, 0.5) is 0 Å². The quantitative estimate of drug-likeness (QED) is 0.0975. The second-order valence-electron chi connectivity index (χ2n) is 9.25. The van der Waals surface area contributed by atoms with Crippen LogP contribution < -0.4 is 16.0 Å². The fraction of sp³-hybridized carbons (Fsp3) is 0.520. The Labute approximate surface area is 228 Å². The number of nitrogens with zero attached hydrogens (tertiary/aromatic N) is 1. The Kier molecular flexibility index (Phi) is 14.9. The molecule has 0 unspecified atom stereocenters. The van der Waals surface area contributed by atoms with Gasteiger partial charge in [0, 0.05) is 18.1 Å². The number of hydrogen-bond acceptors (Lipinski definition) is 6. The minimum atomic E-state index is -1.40. The molecule has 0 aromatic heterocycles. The Balaban J connectivity index is 2.76. The monoisotopic (exact) mass is 552 g/mol. The summed E-state index contributed by atoms with van der Waals surface area (Å²) in [5.74, 6) is -1.33. The smallest absolute Gasteiger partial charge is 0.427 e. The molecule has 0 bridgehead atoms. The van der Waals surface area contributed by atoms with Crippen LogP contribution in [0.15, 0.2) is 29.8 Å². The first-order chi connectivity index (χ1) is 17.4. The molecule has 3 amide bonds.